The van der Waals surface area contributed by atoms with Crippen molar-refractivity contribution in [2.24, 2.45) is 5.92 Å². The van der Waals surface area contributed by atoms with Gasteiger partial charge in [-0.2, -0.15) is 5.26 Å². The lowest BCUT2D eigenvalue weighted by Gasteiger charge is -2.42. The third kappa shape index (κ3) is 3.42. The summed E-state index contributed by atoms with van der Waals surface area (Å²) in [5.41, 5.74) is -1.05. The molecule has 0 amide bonds. The normalized spacial score (nSPS) is 18.1. The van der Waals surface area contributed by atoms with E-state index < -0.39 is 13.9 Å². The molecule has 1 atom stereocenters. The molecule has 1 aliphatic rings. The summed E-state index contributed by atoms with van der Waals surface area (Å²) in [6.45, 7) is 10.4. The van der Waals surface area contributed by atoms with E-state index in [-0.39, 0.29) is 16.7 Å². The largest absolute Gasteiger partial charge is 0.390 e. The van der Waals surface area contributed by atoms with Crippen LogP contribution in [-0.2, 0) is 14.8 Å². The van der Waals surface area contributed by atoms with E-state index in [0.717, 1.165) is 12.8 Å². The van der Waals surface area contributed by atoms with E-state index >= 15 is 0 Å². The first-order valence-corrected chi connectivity index (χ1v) is 11.5. The van der Waals surface area contributed by atoms with Crippen LogP contribution in [0, 0.1) is 17.2 Å². The second-order valence-corrected chi connectivity index (χ2v) is 13.1. The van der Waals surface area contributed by atoms with Gasteiger partial charge in [-0.25, -0.2) is 4.98 Å². The average Bonchev–Trinajstić information content (AvgIpc) is 3.28. The van der Waals surface area contributed by atoms with Gasteiger partial charge in [0.1, 0.15) is 10.7 Å². The number of hydrogen-bond donors (Lipinski definition) is 0. The number of pyridine rings is 1. The molecule has 1 fully saturated rings. The van der Waals surface area contributed by atoms with Gasteiger partial charge in [0.15, 0.2) is 14.1 Å². The minimum atomic E-state index is -2.34. The number of nitrogens with zero attached hydrogens (tertiary/aromatic N) is 2. The number of carbonyl (C=O) groups excluding carboxylic acids is 1. The average molecular weight is 395 g/mol. The second kappa shape index (κ2) is 6.12. The number of halogens is 1. The third-order valence-electron chi connectivity index (χ3n) is 4.81. The summed E-state index contributed by atoms with van der Waals surface area (Å²) in [7, 11) is -2.34. The second-order valence-electron chi connectivity index (χ2n) is 7.64. The number of hydrogen-bond acceptors (Lipinski definition) is 4. The van der Waals surface area contributed by atoms with E-state index in [4.69, 9.17) is 4.43 Å². The fourth-order valence-electron chi connectivity index (χ4n) is 2.19. The Labute approximate surface area is 147 Å². The van der Waals surface area contributed by atoms with Crippen molar-refractivity contribution in [3.8, 4) is 6.07 Å². The van der Waals surface area contributed by atoms with Crippen LogP contribution < -0.4 is 0 Å². The number of nitriles is 1. The highest BCUT2D eigenvalue weighted by Crippen LogP contribution is 2.46. The van der Waals surface area contributed by atoms with E-state index in [2.05, 4.69) is 60.8 Å². The molecule has 0 N–H and O–H groups in total. The summed E-state index contributed by atoms with van der Waals surface area (Å²) in [5, 5.41) is 9.90. The quantitative estimate of drug-likeness (QED) is 0.542. The minimum Gasteiger partial charge on any atom is -0.390 e. The topological polar surface area (TPSA) is 63.0 Å². The Kier molecular flexibility index (Phi) is 4.87. The molecule has 0 saturated heterocycles. The Morgan fingerprint density at radius 3 is 2.48 bits per heavy atom. The zero-order valence-electron chi connectivity index (χ0n) is 14.3. The molecule has 1 aromatic rings. The molecule has 0 aliphatic heterocycles. The standard InChI is InChI=1S/C17H23BrN2O2Si/c1-16(2,3)23(4,5)22-17(11-19,14(21)12-8-9-12)13-7-6-10-20-15(13)18/h6-7,10,12H,8-9H2,1-5H3. The highest BCUT2D eigenvalue weighted by molar-refractivity contribution is 9.10. The molecule has 6 heteroatoms. The van der Waals surface area contributed by atoms with Gasteiger partial charge >= 0.3 is 0 Å². The fourth-order valence-corrected chi connectivity index (χ4v) is 4.05. The van der Waals surface area contributed by atoms with Gasteiger partial charge in [-0.1, -0.05) is 26.8 Å². The molecule has 1 saturated carbocycles. The zero-order valence-corrected chi connectivity index (χ0v) is 16.9. The molecule has 0 radical (unpaired) electrons. The molecule has 0 bridgehead atoms. The monoisotopic (exact) mass is 394 g/mol. The van der Waals surface area contributed by atoms with Crippen LogP contribution in [0.2, 0.25) is 18.1 Å². The lowest BCUT2D eigenvalue weighted by Crippen LogP contribution is -2.52. The number of Topliss-reactive ketones (excluding diaryl/α,β-unsaturated/α-hetero) is 1. The summed E-state index contributed by atoms with van der Waals surface area (Å²) in [4.78, 5) is 17.2. The van der Waals surface area contributed by atoms with Crippen molar-refractivity contribution in [2.45, 2.75) is 57.3 Å². The highest BCUT2D eigenvalue weighted by atomic mass is 79.9. The summed E-state index contributed by atoms with van der Waals surface area (Å²) >= 11 is 3.39. The van der Waals surface area contributed by atoms with Crippen LogP contribution in [0.5, 0.6) is 0 Å². The van der Waals surface area contributed by atoms with E-state index in [1.807, 2.05) is 0 Å². The lowest BCUT2D eigenvalue weighted by molar-refractivity contribution is -0.133. The van der Waals surface area contributed by atoms with Crippen LogP contribution in [-0.4, -0.2) is 19.1 Å². The van der Waals surface area contributed by atoms with Gasteiger partial charge in [-0.15, -0.1) is 0 Å². The predicted octanol–water partition coefficient (Wildman–Crippen LogP) is 4.56. The highest BCUT2D eigenvalue weighted by Gasteiger charge is 2.54. The summed E-state index contributed by atoms with van der Waals surface area (Å²) in [6, 6.07) is 5.71. The molecule has 0 aromatic carbocycles. The first kappa shape index (κ1) is 18.3. The molecule has 23 heavy (non-hydrogen) atoms. The van der Waals surface area contributed by atoms with Crippen molar-refractivity contribution >= 4 is 30.0 Å². The number of rotatable bonds is 5. The summed E-state index contributed by atoms with van der Waals surface area (Å²) in [6.07, 6.45) is 3.30. The minimum absolute atomic E-state index is 0.0773. The summed E-state index contributed by atoms with van der Waals surface area (Å²) in [5.74, 6) is -0.204. The van der Waals surface area contributed by atoms with Crippen LogP contribution in [0.4, 0.5) is 0 Å². The molecule has 1 aliphatic carbocycles. The Balaban J connectivity index is 2.59. The molecular formula is C17H23BrN2O2Si. The van der Waals surface area contributed by atoms with Crippen molar-refractivity contribution in [1.82, 2.24) is 4.98 Å². The van der Waals surface area contributed by atoms with E-state index in [0.29, 0.717) is 10.2 Å². The van der Waals surface area contributed by atoms with Crippen LogP contribution >= 0.6 is 15.9 Å². The van der Waals surface area contributed by atoms with Crippen molar-refractivity contribution in [2.75, 3.05) is 0 Å². The number of carbonyl (C=O) groups is 1. The Hall–Kier alpha value is -1.03. The maximum absolute atomic E-state index is 13.0. The molecule has 1 heterocycles. The van der Waals surface area contributed by atoms with E-state index in [1.54, 1.807) is 18.3 Å². The molecule has 4 nitrogen and oxygen atoms in total. The van der Waals surface area contributed by atoms with Gasteiger partial charge in [0.05, 0.1) is 0 Å². The van der Waals surface area contributed by atoms with Gasteiger partial charge in [-0.05, 0) is 53.0 Å². The first-order chi connectivity index (χ1) is 10.5. The van der Waals surface area contributed by atoms with Crippen LogP contribution in [0.25, 0.3) is 0 Å². The first-order valence-electron chi connectivity index (χ1n) is 7.82. The SMILES string of the molecule is CC(C)(C)[Si](C)(C)OC(C#N)(C(=O)C1CC1)c1cccnc1Br. The number of aromatic nitrogens is 1. The Bertz CT molecular complexity index is 659. The van der Waals surface area contributed by atoms with Gasteiger partial charge in [0.2, 0.25) is 5.60 Å². The van der Waals surface area contributed by atoms with E-state index in [1.165, 1.54) is 0 Å². The van der Waals surface area contributed by atoms with Crippen molar-refractivity contribution in [3.05, 3.63) is 28.5 Å². The molecule has 0 spiro atoms. The molecular weight excluding hydrogens is 372 g/mol. The lowest BCUT2D eigenvalue weighted by atomic mass is 9.89. The maximum Gasteiger partial charge on any atom is 0.232 e. The Morgan fingerprint density at radius 2 is 2.04 bits per heavy atom. The molecule has 1 aromatic heterocycles. The van der Waals surface area contributed by atoms with Gasteiger partial charge in [-0.3, -0.25) is 4.79 Å². The fraction of sp³-hybridized carbons (Fsp3) is 0.588. The van der Waals surface area contributed by atoms with E-state index in [9.17, 15) is 10.1 Å². The van der Waals surface area contributed by atoms with Crippen molar-refractivity contribution < 1.29 is 9.22 Å². The zero-order chi connectivity index (χ0) is 17.5. The van der Waals surface area contributed by atoms with Gasteiger partial charge < -0.3 is 4.43 Å². The number of ketones is 1. The molecule has 124 valence electrons. The smallest absolute Gasteiger partial charge is 0.232 e. The van der Waals surface area contributed by atoms with Crippen LogP contribution in [0.15, 0.2) is 22.9 Å². The predicted molar refractivity (Wildman–Crippen MR) is 95.2 cm³/mol. The van der Waals surface area contributed by atoms with Crippen molar-refractivity contribution in [1.29, 1.82) is 5.26 Å². The van der Waals surface area contributed by atoms with Gasteiger partial charge in [0, 0.05) is 17.7 Å². The van der Waals surface area contributed by atoms with Crippen LogP contribution in [0.3, 0.4) is 0 Å². The van der Waals surface area contributed by atoms with Crippen molar-refractivity contribution in [3.63, 3.8) is 0 Å². The molecule has 2 rings (SSSR count). The third-order valence-corrected chi connectivity index (χ3v) is 9.87. The Morgan fingerprint density at radius 1 is 1.43 bits per heavy atom. The maximum atomic E-state index is 13.0. The van der Waals surface area contributed by atoms with Gasteiger partial charge in [0.25, 0.3) is 0 Å². The molecule has 1 unspecified atom stereocenters. The summed E-state index contributed by atoms with van der Waals surface area (Å²) < 4.78 is 6.92. The van der Waals surface area contributed by atoms with Crippen LogP contribution in [0.1, 0.15) is 39.2 Å².